The summed E-state index contributed by atoms with van der Waals surface area (Å²) in [5, 5.41) is 0. The molecule has 0 atom stereocenters. The highest BCUT2D eigenvalue weighted by Gasteiger charge is 2.16. The smallest absolute Gasteiger partial charge is 0.240 e. The van der Waals surface area contributed by atoms with Crippen molar-refractivity contribution in [3.8, 4) is 0 Å². The molecule has 19 heavy (non-hydrogen) atoms. The van der Waals surface area contributed by atoms with Crippen molar-refractivity contribution < 1.29 is 8.42 Å². The highest BCUT2D eigenvalue weighted by molar-refractivity contribution is 7.89. The molecule has 0 spiro atoms. The first-order valence-corrected chi connectivity index (χ1v) is 7.93. The Morgan fingerprint density at radius 2 is 1.89 bits per heavy atom. The molecule has 0 saturated heterocycles. The Labute approximate surface area is 116 Å². The van der Waals surface area contributed by atoms with Gasteiger partial charge in [-0.25, -0.2) is 13.1 Å². The predicted molar refractivity (Wildman–Crippen MR) is 78.3 cm³/mol. The van der Waals surface area contributed by atoms with Gasteiger partial charge in [0, 0.05) is 13.1 Å². The van der Waals surface area contributed by atoms with Gasteiger partial charge in [-0.15, -0.1) is 0 Å². The summed E-state index contributed by atoms with van der Waals surface area (Å²) in [4.78, 5) is 0.302. The van der Waals surface area contributed by atoms with Crippen LogP contribution in [0.4, 0.5) is 0 Å². The van der Waals surface area contributed by atoms with Gasteiger partial charge in [0.15, 0.2) is 0 Å². The van der Waals surface area contributed by atoms with E-state index in [1.54, 1.807) is 18.2 Å². The zero-order chi connectivity index (χ0) is 14.7. The van der Waals surface area contributed by atoms with Crippen molar-refractivity contribution in [3.63, 3.8) is 0 Å². The average Bonchev–Trinajstić information content (AvgIpc) is 2.26. The molecule has 1 aromatic rings. The zero-order valence-corrected chi connectivity index (χ0v) is 13.0. The van der Waals surface area contributed by atoms with E-state index in [2.05, 4.69) is 25.5 Å². The van der Waals surface area contributed by atoms with E-state index in [-0.39, 0.29) is 5.41 Å². The van der Waals surface area contributed by atoms with Crippen LogP contribution < -0.4 is 10.5 Å². The van der Waals surface area contributed by atoms with Crippen LogP contribution in [0.1, 0.15) is 38.3 Å². The van der Waals surface area contributed by atoms with Crippen molar-refractivity contribution in [2.75, 3.05) is 6.54 Å². The van der Waals surface area contributed by atoms with Gasteiger partial charge in [-0.3, -0.25) is 0 Å². The van der Waals surface area contributed by atoms with Crippen molar-refractivity contribution >= 4 is 10.0 Å². The Morgan fingerprint density at radius 3 is 2.37 bits per heavy atom. The molecular weight excluding hydrogens is 260 g/mol. The summed E-state index contributed by atoms with van der Waals surface area (Å²) < 4.78 is 26.9. The third-order valence-corrected chi connectivity index (χ3v) is 4.47. The van der Waals surface area contributed by atoms with Crippen LogP contribution in [0.5, 0.6) is 0 Å². The van der Waals surface area contributed by atoms with E-state index in [1.165, 1.54) is 0 Å². The molecule has 0 amide bonds. The minimum absolute atomic E-state index is 0.113. The molecular formula is C14H24N2O2S. The Balaban J connectivity index is 2.80. The Morgan fingerprint density at radius 1 is 1.26 bits per heavy atom. The predicted octanol–water partition coefficient (Wildman–Crippen LogP) is 2.17. The van der Waals surface area contributed by atoms with Gasteiger partial charge in [0.1, 0.15) is 0 Å². The number of nitrogens with one attached hydrogen (secondary N) is 1. The van der Waals surface area contributed by atoms with Gasteiger partial charge < -0.3 is 5.73 Å². The van der Waals surface area contributed by atoms with Crippen LogP contribution in [-0.4, -0.2) is 15.0 Å². The van der Waals surface area contributed by atoms with Crippen molar-refractivity contribution in [2.24, 2.45) is 11.1 Å². The lowest BCUT2D eigenvalue weighted by molar-refractivity contribution is 0.378. The lowest BCUT2D eigenvalue weighted by Crippen LogP contribution is -2.27. The van der Waals surface area contributed by atoms with Crippen LogP contribution in [0.25, 0.3) is 0 Å². The summed E-state index contributed by atoms with van der Waals surface area (Å²) in [5.41, 5.74) is 7.56. The first-order chi connectivity index (χ1) is 8.65. The first kappa shape index (κ1) is 16.1. The van der Waals surface area contributed by atoms with Crippen LogP contribution in [0.15, 0.2) is 23.1 Å². The molecule has 1 aromatic carbocycles. The fourth-order valence-electron chi connectivity index (χ4n) is 1.71. The van der Waals surface area contributed by atoms with Crippen molar-refractivity contribution in [1.29, 1.82) is 0 Å². The number of nitrogens with two attached hydrogens (primary N) is 1. The van der Waals surface area contributed by atoms with Gasteiger partial charge >= 0.3 is 0 Å². The maximum Gasteiger partial charge on any atom is 0.240 e. The number of rotatable bonds is 5. The Hall–Kier alpha value is -0.910. The van der Waals surface area contributed by atoms with Gasteiger partial charge in [0.05, 0.1) is 4.90 Å². The summed E-state index contributed by atoms with van der Waals surface area (Å²) in [6, 6.07) is 5.05. The van der Waals surface area contributed by atoms with Crippen LogP contribution in [0.2, 0.25) is 0 Å². The quantitative estimate of drug-likeness (QED) is 0.870. The van der Waals surface area contributed by atoms with E-state index >= 15 is 0 Å². The molecule has 0 aromatic heterocycles. The molecule has 0 heterocycles. The number of aryl methyl sites for hydroxylation is 1. The van der Waals surface area contributed by atoms with Crippen molar-refractivity contribution in [3.05, 3.63) is 29.3 Å². The molecule has 0 radical (unpaired) electrons. The number of benzene rings is 1. The van der Waals surface area contributed by atoms with Gasteiger partial charge in [-0.2, -0.15) is 0 Å². The molecule has 5 heteroatoms. The molecule has 0 aliphatic rings. The third kappa shape index (κ3) is 4.93. The SMILES string of the molecule is Cc1cc(S(=O)(=O)NCCC(C)(C)C)ccc1CN. The molecule has 108 valence electrons. The second kappa shape index (κ2) is 6.03. The van der Waals surface area contributed by atoms with Crippen LogP contribution in [0.3, 0.4) is 0 Å². The molecule has 0 saturated carbocycles. The van der Waals surface area contributed by atoms with Gasteiger partial charge in [-0.1, -0.05) is 26.8 Å². The van der Waals surface area contributed by atoms with Crippen LogP contribution >= 0.6 is 0 Å². The van der Waals surface area contributed by atoms with E-state index in [0.29, 0.717) is 18.0 Å². The number of hydrogen-bond acceptors (Lipinski definition) is 3. The molecule has 0 aliphatic carbocycles. The monoisotopic (exact) mass is 284 g/mol. The standard InChI is InChI=1S/C14H24N2O2S/c1-11-9-13(6-5-12(11)10-15)19(17,18)16-8-7-14(2,3)4/h5-6,9,16H,7-8,10,15H2,1-4H3. The largest absolute Gasteiger partial charge is 0.326 e. The third-order valence-electron chi connectivity index (χ3n) is 3.01. The normalized spacial score (nSPS) is 12.7. The highest BCUT2D eigenvalue weighted by atomic mass is 32.2. The van der Waals surface area contributed by atoms with E-state index in [4.69, 9.17) is 5.73 Å². The van der Waals surface area contributed by atoms with Crippen LogP contribution in [0, 0.1) is 12.3 Å². The topological polar surface area (TPSA) is 72.2 Å². The number of hydrogen-bond donors (Lipinski definition) is 2. The molecule has 0 fully saturated rings. The summed E-state index contributed by atoms with van der Waals surface area (Å²) in [7, 11) is -3.42. The van der Waals surface area contributed by atoms with Crippen LogP contribution in [-0.2, 0) is 16.6 Å². The second-order valence-electron chi connectivity index (χ2n) is 6.00. The van der Waals surface area contributed by atoms with Crippen molar-refractivity contribution in [1.82, 2.24) is 4.72 Å². The van der Waals surface area contributed by atoms with E-state index in [0.717, 1.165) is 17.5 Å². The minimum atomic E-state index is -3.42. The lowest BCUT2D eigenvalue weighted by Gasteiger charge is -2.18. The summed E-state index contributed by atoms with van der Waals surface area (Å²) >= 11 is 0. The van der Waals surface area contributed by atoms with E-state index in [9.17, 15) is 8.42 Å². The number of sulfonamides is 1. The summed E-state index contributed by atoms with van der Waals surface area (Å²) in [6.07, 6.45) is 0.798. The van der Waals surface area contributed by atoms with Crippen molar-refractivity contribution in [2.45, 2.75) is 45.6 Å². The lowest BCUT2D eigenvalue weighted by atomic mass is 9.93. The second-order valence-corrected chi connectivity index (χ2v) is 7.77. The summed E-state index contributed by atoms with van der Waals surface area (Å²) in [6.45, 7) is 8.99. The fourth-order valence-corrected chi connectivity index (χ4v) is 2.82. The summed E-state index contributed by atoms with van der Waals surface area (Å²) in [5.74, 6) is 0. The van der Waals surface area contributed by atoms with Gasteiger partial charge in [0.25, 0.3) is 0 Å². The molecule has 4 nitrogen and oxygen atoms in total. The highest BCUT2D eigenvalue weighted by Crippen LogP contribution is 2.19. The molecule has 0 bridgehead atoms. The molecule has 1 rings (SSSR count). The maximum absolute atomic E-state index is 12.1. The Bertz CT molecular complexity index is 531. The van der Waals surface area contributed by atoms with Gasteiger partial charge in [0.2, 0.25) is 10.0 Å². The van der Waals surface area contributed by atoms with Gasteiger partial charge in [-0.05, 0) is 42.0 Å². The Kier molecular flexibility index (Phi) is 5.12. The molecule has 0 aliphatic heterocycles. The maximum atomic E-state index is 12.1. The fraction of sp³-hybridized carbons (Fsp3) is 0.571. The minimum Gasteiger partial charge on any atom is -0.326 e. The molecule has 0 unspecified atom stereocenters. The zero-order valence-electron chi connectivity index (χ0n) is 12.2. The van der Waals surface area contributed by atoms with E-state index in [1.807, 2.05) is 6.92 Å². The molecule has 3 N–H and O–H groups in total. The first-order valence-electron chi connectivity index (χ1n) is 6.45. The van der Waals surface area contributed by atoms with E-state index < -0.39 is 10.0 Å². The average molecular weight is 284 g/mol.